The minimum absolute atomic E-state index is 0.215. The lowest BCUT2D eigenvalue weighted by Gasteiger charge is -2.14. The second-order valence-corrected chi connectivity index (χ2v) is 9.38. The van der Waals surface area contributed by atoms with E-state index in [4.69, 9.17) is 28.4 Å². The van der Waals surface area contributed by atoms with Gasteiger partial charge in [0.05, 0.1) is 19.8 Å². The molecule has 0 aromatic heterocycles. The highest BCUT2D eigenvalue weighted by Crippen LogP contribution is 2.27. The third-order valence-corrected chi connectivity index (χ3v) is 6.28. The minimum atomic E-state index is 0.215. The molecule has 182 valence electrons. The quantitative estimate of drug-likeness (QED) is 0.346. The van der Waals surface area contributed by atoms with Crippen molar-refractivity contribution in [2.45, 2.75) is 31.2 Å². The average Bonchev–Trinajstić information content (AvgIpc) is 3.74. The predicted octanol–water partition coefficient (Wildman–Crippen LogP) is 4.20. The van der Waals surface area contributed by atoms with E-state index in [1.165, 1.54) is 22.3 Å². The second kappa shape index (κ2) is 10.3. The largest absolute Gasteiger partial charge is 0.491 e. The van der Waals surface area contributed by atoms with Crippen molar-refractivity contribution >= 4 is 0 Å². The van der Waals surface area contributed by atoms with Crippen LogP contribution in [0.15, 0.2) is 66.7 Å². The molecule has 0 radical (unpaired) electrons. The smallest absolute Gasteiger partial charge is 0.123 e. The van der Waals surface area contributed by atoms with Gasteiger partial charge in [0.25, 0.3) is 0 Å². The zero-order valence-electron chi connectivity index (χ0n) is 19.7. The van der Waals surface area contributed by atoms with Gasteiger partial charge in [0, 0.05) is 6.42 Å². The van der Waals surface area contributed by atoms with Gasteiger partial charge in [-0.2, -0.15) is 0 Å². The highest BCUT2D eigenvalue weighted by molar-refractivity contribution is 5.43. The molecule has 6 rings (SSSR count). The van der Waals surface area contributed by atoms with Crippen molar-refractivity contribution in [3.05, 3.63) is 89.0 Å². The molecule has 6 heteroatoms. The predicted molar refractivity (Wildman–Crippen MR) is 131 cm³/mol. The summed E-state index contributed by atoms with van der Waals surface area (Å²) in [6.45, 7) is 4.22. The zero-order valence-corrected chi connectivity index (χ0v) is 19.7. The molecule has 35 heavy (non-hydrogen) atoms. The van der Waals surface area contributed by atoms with Gasteiger partial charge in [-0.3, -0.25) is 0 Å². The average molecular weight is 475 g/mol. The SMILES string of the molecule is c1cc(OCC2CO2)ccc1Cc1ccc(Cc2ccc(OCC3CO3)cc2)c(OCC2CO2)c1. The van der Waals surface area contributed by atoms with Crippen LogP contribution in [0.5, 0.6) is 17.2 Å². The van der Waals surface area contributed by atoms with Crippen LogP contribution in [-0.2, 0) is 27.1 Å². The van der Waals surface area contributed by atoms with Gasteiger partial charge in [0.1, 0.15) is 55.4 Å². The number of hydrogen-bond acceptors (Lipinski definition) is 6. The third-order valence-electron chi connectivity index (χ3n) is 6.28. The summed E-state index contributed by atoms with van der Waals surface area (Å²) in [7, 11) is 0. The van der Waals surface area contributed by atoms with Crippen molar-refractivity contribution in [1.29, 1.82) is 0 Å². The summed E-state index contributed by atoms with van der Waals surface area (Å²) < 4.78 is 33.5. The molecule has 3 atom stereocenters. The Kier molecular flexibility index (Phi) is 6.58. The van der Waals surface area contributed by atoms with Crippen molar-refractivity contribution in [2.75, 3.05) is 39.6 Å². The monoisotopic (exact) mass is 474 g/mol. The Balaban J connectivity index is 1.11. The highest BCUT2D eigenvalue weighted by Gasteiger charge is 2.24. The number of hydrogen-bond donors (Lipinski definition) is 0. The van der Waals surface area contributed by atoms with E-state index in [-0.39, 0.29) is 18.3 Å². The van der Waals surface area contributed by atoms with E-state index in [9.17, 15) is 0 Å². The van der Waals surface area contributed by atoms with Crippen LogP contribution in [0.25, 0.3) is 0 Å². The maximum absolute atomic E-state index is 6.19. The molecule has 3 aliphatic heterocycles. The third kappa shape index (κ3) is 6.75. The van der Waals surface area contributed by atoms with Crippen LogP contribution in [-0.4, -0.2) is 58.0 Å². The number of rotatable bonds is 13. The van der Waals surface area contributed by atoms with Gasteiger partial charge in [-0.1, -0.05) is 36.4 Å². The van der Waals surface area contributed by atoms with Crippen molar-refractivity contribution in [2.24, 2.45) is 0 Å². The molecular weight excluding hydrogens is 444 g/mol. The molecule has 0 saturated carbocycles. The lowest BCUT2D eigenvalue weighted by molar-refractivity contribution is 0.261. The first-order chi connectivity index (χ1) is 17.3. The van der Waals surface area contributed by atoms with Crippen molar-refractivity contribution < 1.29 is 28.4 Å². The van der Waals surface area contributed by atoms with E-state index in [0.29, 0.717) is 19.8 Å². The number of ether oxygens (including phenoxy) is 6. The second-order valence-electron chi connectivity index (χ2n) is 9.38. The Morgan fingerprint density at radius 3 is 1.51 bits per heavy atom. The molecule has 3 aromatic carbocycles. The Bertz CT molecular complexity index is 1110. The van der Waals surface area contributed by atoms with E-state index in [1.807, 2.05) is 24.3 Å². The topological polar surface area (TPSA) is 65.3 Å². The summed E-state index contributed by atoms with van der Waals surface area (Å²) in [6, 6.07) is 23.1. The van der Waals surface area contributed by atoms with E-state index in [0.717, 1.165) is 49.9 Å². The van der Waals surface area contributed by atoms with Crippen LogP contribution in [0.4, 0.5) is 0 Å². The standard InChI is InChI=1S/C29H30O6/c1-6-23(12-21-4-9-25(10-5-21)31-15-27-17-33-27)29(35-19-28-18-34-28)13-22(1)11-20-2-7-24(8-3-20)30-14-26-16-32-26/h1-10,13,26-28H,11-12,14-19H2. The summed E-state index contributed by atoms with van der Waals surface area (Å²) in [5.74, 6) is 2.68. The molecule has 0 spiro atoms. The van der Waals surface area contributed by atoms with E-state index < -0.39 is 0 Å². The summed E-state index contributed by atoms with van der Waals surface area (Å²) in [5, 5.41) is 0. The van der Waals surface area contributed by atoms with Crippen LogP contribution in [0.2, 0.25) is 0 Å². The first-order valence-electron chi connectivity index (χ1n) is 12.3. The Labute approximate surface area is 205 Å². The molecule has 3 aromatic rings. The highest BCUT2D eigenvalue weighted by atomic mass is 16.6. The van der Waals surface area contributed by atoms with Crippen molar-refractivity contribution in [3.63, 3.8) is 0 Å². The van der Waals surface area contributed by atoms with Gasteiger partial charge in [0.15, 0.2) is 0 Å². The maximum atomic E-state index is 6.19. The molecule has 0 aliphatic carbocycles. The van der Waals surface area contributed by atoms with Crippen LogP contribution in [0, 0.1) is 0 Å². The molecule has 0 bridgehead atoms. The molecular formula is C29H30O6. The van der Waals surface area contributed by atoms with Crippen molar-refractivity contribution in [1.82, 2.24) is 0 Å². The van der Waals surface area contributed by atoms with Gasteiger partial charge in [-0.05, 0) is 59.0 Å². The van der Waals surface area contributed by atoms with E-state index in [2.05, 4.69) is 42.5 Å². The van der Waals surface area contributed by atoms with Gasteiger partial charge in [0.2, 0.25) is 0 Å². The summed E-state index contributed by atoms with van der Waals surface area (Å²) in [5.41, 5.74) is 4.83. The fraction of sp³-hybridized carbons (Fsp3) is 0.379. The molecule has 6 nitrogen and oxygen atoms in total. The Morgan fingerprint density at radius 1 is 0.543 bits per heavy atom. The van der Waals surface area contributed by atoms with Gasteiger partial charge in [-0.15, -0.1) is 0 Å². The first-order valence-corrected chi connectivity index (χ1v) is 12.3. The lowest BCUT2D eigenvalue weighted by Crippen LogP contribution is -2.07. The summed E-state index contributed by atoms with van der Waals surface area (Å²) in [4.78, 5) is 0. The van der Waals surface area contributed by atoms with E-state index >= 15 is 0 Å². The summed E-state index contributed by atoms with van der Waals surface area (Å²) in [6.07, 6.45) is 2.37. The fourth-order valence-electron chi connectivity index (χ4n) is 3.91. The van der Waals surface area contributed by atoms with Crippen molar-refractivity contribution in [3.8, 4) is 17.2 Å². The Morgan fingerprint density at radius 2 is 1.00 bits per heavy atom. The van der Waals surface area contributed by atoms with Crippen LogP contribution < -0.4 is 14.2 Å². The maximum Gasteiger partial charge on any atom is 0.123 e. The first kappa shape index (κ1) is 22.4. The zero-order chi connectivity index (χ0) is 23.5. The normalized spacial score (nSPS) is 21.9. The van der Waals surface area contributed by atoms with Gasteiger partial charge < -0.3 is 28.4 Å². The molecule has 3 aliphatic rings. The lowest BCUT2D eigenvalue weighted by atomic mass is 9.99. The van der Waals surface area contributed by atoms with E-state index in [1.54, 1.807) is 0 Å². The number of benzene rings is 3. The minimum Gasteiger partial charge on any atom is -0.491 e. The number of epoxide rings is 3. The Hall–Kier alpha value is -3.06. The van der Waals surface area contributed by atoms with Gasteiger partial charge in [-0.25, -0.2) is 0 Å². The molecule has 3 saturated heterocycles. The van der Waals surface area contributed by atoms with Crippen LogP contribution in [0.3, 0.4) is 0 Å². The summed E-state index contributed by atoms with van der Waals surface area (Å²) >= 11 is 0. The molecule has 3 heterocycles. The van der Waals surface area contributed by atoms with Crippen LogP contribution in [0.1, 0.15) is 22.3 Å². The molecule has 3 unspecified atom stereocenters. The van der Waals surface area contributed by atoms with Gasteiger partial charge >= 0.3 is 0 Å². The molecule has 0 N–H and O–H groups in total. The molecule has 3 fully saturated rings. The van der Waals surface area contributed by atoms with Crippen LogP contribution >= 0.6 is 0 Å². The fourth-order valence-corrected chi connectivity index (χ4v) is 3.91. The molecule has 0 amide bonds.